The maximum atomic E-state index is 8.65. The van der Waals surface area contributed by atoms with Gasteiger partial charge in [0.05, 0.1) is 11.8 Å². The van der Waals surface area contributed by atoms with Gasteiger partial charge in [0.2, 0.25) is 5.13 Å². The second kappa shape index (κ2) is 5.15. The summed E-state index contributed by atoms with van der Waals surface area (Å²) in [7, 11) is 0. The molecule has 1 aliphatic rings. The number of nitrogens with zero attached hydrogens (tertiary/aromatic N) is 3. The third kappa shape index (κ3) is 2.74. The summed E-state index contributed by atoms with van der Waals surface area (Å²) >= 11 is 1.56. The van der Waals surface area contributed by atoms with Gasteiger partial charge in [-0.25, -0.2) is 4.98 Å². The van der Waals surface area contributed by atoms with Gasteiger partial charge < -0.3 is 11.5 Å². The predicted molar refractivity (Wildman–Crippen MR) is 68.1 cm³/mol. The molecule has 0 amide bonds. The molecule has 90 valence electrons. The molecule has 0 unspecified atom stereocenters. The molecule has 0 aromatic carbocycles. The molecule has 0 bridgehead atoms. The first-order chi connectivity index (χ1) is 8.20. The maximum Gasteiger partial charge on any atom is 0.212 e. The number of nitriles is 1. The maximum absolute atomic E-state index is 8.65. The van der Waals surface area contributed by atoms with Crippen molar-refractivity contribution in [2.24, 2.45) is 16.5 Å². The summed E-state index contributed by atoms with van der Waals surface area (Å²) in [6.45, 7) is 0. The summed E-state index contributed by atoms with van der Waals surface area (Å²) in [6, 6.07) is 2.19. The van der Waals surface area contributed by atoms with Crippen molar-refractivity contribution in [2.75, 3.05) is 0 Å². The topological polar surface area (TPSA) is 101 Å². The molecule has 5 nitrogen and oxygen atoms in total. The van der Waals surface area contributed by atoms with Crippen LogP contribution in [0.1, 0.15) is 42.2 Å². The van der Waals surface area contributed by atoms with Gasteiger partial charge in [0, 0.05) is 17.2 Å². The normalized spacial score (nSPS) is 18.2. The summed E-state index contributed by atoms with van der Waals surface area (Å²) in [4.78, 5) is 9.76. The minimum atomic E-state index is 0.0460. The van der Waals surface area contributed by atoms with E-state index in [1.165, 1.54) is 4.88 Å². The molecule has 0 fully saturated rings. The highest BCUT2D eigenvalue weighted by Gasteiger charge is 2.24. The Hall–Kier alpha value is -1.61. The number of aryl methyl sites for hydroxylation is 1. The minimum Gasteiger partial charge on any atom is -0.370 e. The Morgan fingerprint density at radius 3 is 3.12 bits per heavy atom. The van der Waals surface area contributed by atoms with E-state index in [0.29, 0.717) is 17.5 Å². The monoisotopic (exact) mass is 249 g/mol. The number of aromatic nitrogens is 1. The molecule has 6 heteroatoms. The van der Waals surface area contributed by atoms with Crippen molar-refractivity contribution < 1.29 is 0 Å². The van der Waals surface area contributed by atoms with Gasteiger partial charge in [-0.2, -0.15) is 10.3 Å². The van der Waals surface area contributed by atoms with Gasteiger partial charge in [-0.05, 0) is 25.7 Å². The van der Waals surface area contributed by atoms with E-state index in [-0.39, 0.29) is 5.96 Å². The number of aliphatic imine (C=N–C) groups is 1. The van der Waals surface area contributed by atoms with Gasteiger partial charge in [-0.3, -0.25) is 0 Å². The molecular weight excluding hydrogens is 234 g/mol. The predicted octanol–water partition coefficient (Wildman–Crippen LogP) is 1.77. The van der Waals surface area contributed by atoms with Crippen molar-refractivity contribution in [1.82, 2.24) is 4.98 Å². The van der Waals surface area contributed by atoms with Crippen molar-refractivity contribution in [3.05, 3.63) is 10.6 Å². The molecule has 4 N–H and O–H groups in total. The van der Waals surface area contributed by atoms with Gasteiger partial charge in [-0.1, -0.05) is 11.3 Å². The molecule has 1 atom stereocenters. The fourth-order valence-corrected chi connectivity index (χ4v) is 3.25. The zero-order chi connectivity index (χ0) is 12.3. The molecule has 0 spiro atoms. The minimum absolute atomic E-state index is 0.0460. The second-order valence-corrected chi connectivity index (χ2v) is 5.19. The lowest BCUT2D eigenvalue weighted by atomic mass is 9.88. The Bertz CT molecular complexity index is 467. The van der Waals surface area contributed by atoms with Gasteiger partial charge in [0.25, 0.3) is 0 Å². The Labute approximate surface area is 104 Å². The highest BCUT2D eigenvalue weighted by atomic mass is 32.1. The highest BCUT2D eigenvalue weighted by Crippen LogP contribution is 2.39. The molecule has 1 heterocycles. The molecule has 1 aromatic heterocycles. The smallest absolute Gasteiger partial charge is 0.212 e. The van der Waals surface area contributed by atoms with Crippen LogP contribution in [0.5, 0.6) is 0 Å². The van der Waals surface area contributed by atoms with E-state index in [2.05, 4.69) is 16.0 Å². The molecular formula is C11H15N5S. The lowest BCUT2D eigenvalue weighted by molar-refractivity contribution is 0.519. The van der Waals surface area contributed by atoms with Gasteiger partial charge >= 0.3 is 0 Å². The molecule has 1 aromatic rings. The zero-order valence-electron chi connectivity index (χ0n) is 9.52. The Kier molecular flexibility index (Phi) is 3.59. The van der Waals surface area contributed by atoms with E-state index < -0.39 is 0 Å². The highest BCUT2D eigenvalue weighted by molar-refractivity contribution is 7.15. The number of nitrogens with two attached hydrogens (primary N) is 2. The van der Waals surface area contributed by atoms with Crippen molar-refractivity contribution in [1.29, 1.82) is 5.26 Å². The molecule has 0 saturated carbocycles. The number of guanidine groups is 1. The van der Waals surface area contributed by atoms with Crippen molar-refractivity contribution in [3.63, 3.8) is 0 Å². The van der Waals surface area contributed by atoms with E-state index in [1.54, 1.807) is 11.3 Å². The summed E-state index contributed by atoms with van der Waals surface area (Å²) in [5, 5.41) is 9.28. The Morgan fingerprint density at radius 2 is 2.41 bits per heavy atom. The zero-order valence-corrected chi connectivity index (χ0v) is 10.3. The first kappa shape index (κ1) is 11.9. The van der Waals surface area contributed by atoms with Crippen molar-refractivity contribution in [2.45, 2.75) is 38.0 Å². The summed E-state index contributed by atoms with van der Waals surface area (Å²) in [5.41, 5.74) is 11.8. The van der Waals surface area contributed by atoms with Crippen LogP contribution in [0.25, 0.3) is 0 Å². The Balaban J connectivity index is 2.23. The van der Waals surface area contributed by atoms with Crippen LogP contribution >= 0.6 is 11.3 Å². The van der Waals surface area contributed by atoms with Crippen LogP contribution < -0.4 is 11.5 Å². The van der Waals surface area contributed by atoms with Crippen LogP contribution in [0.15, 0.2) is 4.99 Å². The van der Waals surface area contributed by atoms with Crippen LogP contribution in [-0.4, -0.2) is 10.9 Å². The number of thiazole rings is 1. The van der Waals surface area contributed by atoms with E-state index >= 15 is 0 Å². The van der Waals surface area contributed by atoms with Crippen LogP contribution in [0.2, 0.25) is 0 Å². The first-order valence-corrected chi connectivity index (χ1v) is 6.48. The third-order valence-electron chi connectivity index (χ3n) is 2.89. The van der Waals surface area contributed by atoms with E-state index in [4.69, 9.17) is 16.7 Å². The lowest BCUT2D eigenvalue weighted by Gasteiger charge is -2.19. The molecule has 0 saturated heterocycles. The van der Waals surface area contributed by atoms with Gasteiger partial charge in [0.15, 0.2) is 5.96 Å². The SMILES string of the molecule is N#CCC[C@@H]1CCCc2sc(N=C(N)N)nc21. The molecule has 1 aliphatic carbocycles. The summed E-state index contributed by atoms with van der Waals surface area (Å²) in [6.07, 6.45) is 4.79. The van der Waals surface area contributed by atoms with Gasteiger partial charge in [0.1, 0.15) is 0 Å². The van der Waals surface area contributed by atoms with Crippen molar-refractivity contribution in [3.8, 4) is 6.07 Å². The lowest BCUT2D eigenvalue weighted by Crippen LogP contribution is -2.21. The molecule has 0 radical (unpaired) electrons. The Morgan fingerprint density at radius 1 is 1.59 bits per heavy atom. The average molecular weight is 249 g/mol. The van der Waals surface area contributed by atoms with Crippen molar-refractivity contribution >= 4 is 22.4 Å². The quantitative estimate of drug-likeness (QED) is 0.629. The molecule has 2 rings (SSSR count). The van der Waals surface area contributed by atoms with Gasteiger partial charge in [-0.15, -0.1) is 0 Å². The molecule has 17 heavy (non-hydrogen) atoms. The summed E-state index contributed by atoms with van der Waals surface area (Å²) in [5.74, 6) is 0.447. The average Bonchev–Trinajstić information content (AvgIpc) is 2.67. The van der Waals surface area contributed by atoms with Crippen LogP contribution in [0, 0.1) is 11.3 Å². The van der Waals surface area contributed by atoms with E-state index in [9.17, 15) is 0 Å². The summed E-state index contributed by atoms with van der Waals surface area (Å²) < 4.78 is 0. The van der Waals surface area contributed by atoms with Crippen LogP contribution in [0.4, 0.5) is 5.13 Å². The van der Waals surface area contributed by atoms with Crippen LogP contribution in [0.3, 0.4) is 0 Å². The standard InChI is InChI=1S/C11H15N5S/c12-6-2-4-7-3-1-5-8-9(7)15-11(17-8)16-10(13)14/h7H,1-5H2,(H4,13,14,15,16)/t7-/m0/s1. The van der Waals surface area contributed by atoms with Crippen LogP contribution in [-0.2, 0) is 6.42 Å². The number of hydrogen-bond acceptors (Lipinski definition) is 4. The number of rotatable bonds is 3. The van der Waals surface area contributed by atoms with E-state index in [1.807, 2.05) is 0 Å². The molecule has 0 aliphatic heterocycles. The number of hydrogen-bond donors (Lipinski definition) is 2. The fourth-order valence-electron chi connectivity index (χ4n) is 2.17. The fraction of sp³-hybridized carbons (Fsp3) is 0.545. The third-order valence-corrected chi connectivity index (χ3v) is 3.91. The van der Waals surface area contributed by atoms with E-state index in [0.717, 1.165) is 31.4 Å². The second-order valence-electron chi connectivity index (χ2n) is 4.13. The first-order valence-electron chi connectivity index (χ1n) is 5.67. The largest absolute Gasteiger partial charge is 0.370 e. The number of fused-ring (bicyclic) bond motifs is 1.